The summed E-state index contributed by atoms with van der Waals surface area (Å²) in [5.74, 6) is -0.286. The number of amides is 1. The van der Waals surface area contributed by atoms with Crippen molar-refractivity contribution in [3.8, 4) is 0 Å². The molecule has 1 aromatic carbocycles. The van der Waals surface area contributed by atoms with Crippen molar-refractivity contribution in [2.45, 2.75) is 38.1 Å². The van der Waals surface area contributed by atoms with Gasteiger partial charge in [0.05, 0.1) is 4.90 Å². The maximum absolute atomic E-state index is 12.3. The summed E-state index contributed by atoms with van der Waals surface area (Å²) in [5.41, 5.74) is 0.560. The minimum absolute atomic E-state index is 0.0421. The van der Waals surface area contributed by atoms with Gasteiger partial charge in [-0.05, 0) is 38.0 Å². The van der Waals surface area contributed by atoms with E-state index in [1.54, 1.807) is 18.9 Å². The highest BCUT2D eigenvalue weighted by Gasteiger charge is 2.21. The van der Waals surface area contributed by atoms with Gasteiger partial charge in [0, 0.05) is 23.7 Å². The van der Waals surface area contributed by atoms with Crippen molar-refractivity contribution >= 4 is 27.5 Å². The molecule has 0 heterocycles. The lowest BCUT2D eigenvalue weighted by molar-refractivity contribution is 0.0740. The van der Waals surface area contributed by atoms with Gasteiger partial charge in [-0.1, -0.05) is 18.5 Å². The Morgan fingerprint density at radius 3 is 2.45 bits per heavy atom. The van der Waals surface area contributed by atoms with Crippen molar-refractivity contribution in [3.63, 3.8) is 0 Å². The van der Waals surface area contributed by atoms with Crippen LogP contribution in [0.25, 0.3) is 0 Å². The van der Waals surface area contributed by atoms with Gasteiger partial charge < -0.3 is 4.90 Å². The fraction of sp³-hybridized carbons (Fsp3) is 0.462. The smallest absolute Gasteiger partial charge is 0.253 e. The number of nitrogens with zero attached hydrogens (tertiary/aromatic N) is 1. The topological polar surface area (TPSA) is 80.5 Å². The largest absolute Gasteiger partial charge is 0.339 e. The zero-order valence-corrected chi connectivity index (χ0v) is 13.5. The van der Waals surface area contributed by atoms with Crippen molar-refractivity contribution in [1.29, 1.82) is 0 Å². The quantitative estimate of drug-likeness (QED) is 0.923. The Morgan fingerprint density at radius 1 is 1.45 bits per heavy atom. The molecule has 1 aromatic rings. The average molecular weight is 319 g/mol. The highest BCUT2D eigenvalue weighted by molar-refractivity contribution is 7.89. The van der Waals surface area contributed by atoms with Gasteiger partial charge in [-0.2, -0.15) is 0 Å². The number of halogens is 1. The van der Waals surface area contributed by atoms with Gasteiger partial charge in [-0.25, -0.2) is 13.6 Å². The Labute approximate surface area is 124 Å². The summed E-state index contributed by atoms with van der Waals surface area (Å²) >= 11 is 6.00. The van der Waals surface area contributed by atoms with Crippen molar-refractivity contribution in [1.82, 2.24) is 4.90 Å². The summed E-state index contributed by atoms with van der Waals surface area (Å²) in [5, 5.41) is 5.35. The standard InChI is InChI=1S/C13H19ClN2O3S/c1-5-8(2)16(4)13(17)10-6-11(14)9(3)12(7-10)20(15,18)19/h6-8H,5H2,1-4H3,(H2,15,18,19). The van der Waals surface area contributed by atoms with Crippen LogP contribution in [0, 0.1) is 6.92 Å². The number of hydrogen-bond acceptors (Lipinski definition) is 3. The molecule has 0 radical (unpaired) electrons. The lowest BCUT2D eigenvalue weighted by Crippen LogP contribution is -2.34. The molecule has 5 nitrogen and oxygen atoms in total. The van der Waals surface area contributed by atoms with Crippen molar-refractivity contribution in [3.05, 3.63) is 28.3 Å². The second kappa shape index (κ2) is 6.11. The molecular formula is C13H19ClN2O3S. The summed E-state index contributed by atoms with van der Waals surface area (Å²) in [4.78, 5) is 13.7. The molecule has 0 aliphatic rings. The van der Waals surface area contributed by atoms with Gasteiger partial charge >= 0.3 is 0 Å². The maximum Gasteiger partial charge on any atom is 0.253 e. The first-order valence-electron chi connectivity index (χ1n) is 6.19. The molecule has 0 aliphatic heterocycles. The van der Waals surface area contributed by atoms with Crippen LogP contribution in [0.3, 0.4) is 0 Å². The molecule has 1 amide bonds. The van der Waals surface area contributed by atoms with E-state index < -0.39 is 10.0 Å². The maximum atomic E-state index is 12.3. The minimum atomic E-state index is -3.92. The number of carbonyl (C=O) groups excluding carboxylic acids is 1. The van der Waals surface area contributed by atoms with Crippen LogP contribution in [0.1, 0.15) is 36.2 Å². The van der Waals surface area contributed by atoms with Gasteiger partial charge in [0.1, 0.15) is 0 Å². The Hall–Kier alpha value is -1.11. The van der Waals surface area contributed by atoms with E-state index in [-0.39, 0.29) is 27.4 Å². The fourth-order valence-electron chi connectivity index (χ4n) is 1.75. The summed E-state index contributed by atoms with van der Waals surface area (Å²) < 4.78 is 23.1. The van der Waals surface area contributed by atoms with Crippen molar-refractivity contribution < 1.29 is 13.2 Å². The molecule has 1 rings (SSSR count). The van der Waals surface area contributed by atoms with Gasteiger partial charge in [0.15, 0.2) is 0 Å². The molecule has 20 heavy (non-hydrogen) atoms. The molecule has 1 atom stereocenters. The first-order valence-corrected chi connectivity index (χ1v) is 8.12. The lowest BCUT2D eigenvalue weighted by Gasteiger charge is -2.24. The molecule has 1 unspecified atom stereocenters. The van der Waals surface area contributed by atoms with E-state index in [2.05, 4.69) is 0 Å². The average Bonchev–Trinajstić information content (AvgIpc) is 2.37. The molecule has 0 aromatic heterocycles. The van der Waals surface area contributed by atoms with E-state index in [0.717, 1.165) is 6.42 Å². The van der Waals surface area contributed by atoms with E-state index in [1.807, 2.05) is 13.8 Å². The Kier molecular flexibility index (Phi) is 5.18. The van der Waals surface area contributed by atoms with E-state index in [9.17, 15) is 13.2 Å². The molecule has 0 spiro atoms. The van der Waals surface area contributed by atoms with Crippen LogP contribution in [0.4, 0.5) is 0 Å². The van der Waals surface area contributed by atoms with Crippen LogP contribution >= 0.6 is 11.6 Å². The summed E-state index contributed by atoms with van der Waals surface area (Å²) in [6.45, 7) is 5.43. The molecular weight excluding hydrogens is 300 g/mol. The highest BCUT2D eigenvalue weighted by Crippen LogP contribution is 2.25. The van der Waals surface area contributed by atoms with Crippen LogP contribution in [0.2, 0.25) is 5.02 Å². The normalized spacial score (nSPS) is 13.1. The minimum Gasteiger partial charge on any atom is -0.339 e. The number of benzene rings is 1. The Balaban J connectivity index is 3.35. The third kappa shape index (κ3) is 3.50. The van der Waals surface area contributed by atoms with Crippen LogP contribution < -0.4 is 5.14 Å². The van der Waals surface area contributed by atoms with Gasteiger partial charge in [-0.15, -0.1) is 0 Å². The molecule has 112 valence electrons. The van der Waals surface area contributed by atoms with Crippen LogP contribution in [0.5, 0.6) is 0 Å². The summed E-state index contributed by atoms with van der Waals surface area (Å²) in [7, 11) is -2.25. The van der Waals surface area contributed by atoms with E-state index >= 15 is 0 Å². The summed E-state index contributed by atoms with van der Waals surface area (Å²) in [6.07, 6.45) is 0.796. The molecule has 0 saturated heterocycles. The molecule has 0 fully saturated rings. The second-order valence-electron chi connectivity index (χ2n) is 4.80. The SMILES string of the molecule is CCC(C)N(C)C(=O)c1cc(Cl)c(C)c(S(N)(=O)=O)c1. The fourth-order valence-corrected chi connectivity index (χ4v) is 2.85. The van der Waals surface area contributed by atoms with Crippen molar-refractivity contribution in [2.24, 2.45) is 5.14 Å². The number of sulfonamides is 1. The third-order valence-corrected chi connectivity index (χ3v) is 4.85. The van der Waals surface area contributed by atoms with E-state index in [1.165, 1.54) is 12.1 Å². The monoisotopic (exact) mass is 318 g/mol. The van der Waals surface area contributed by atoms with Crippen LogP contribution in [-0.4, -0.2) is 32.3 Å². The predicted molar refractivity (Wildman–Crippen MR) is 79.4 cm³/mol. The van der Waals surface area contributed by atoms with Crippen LogP contribution in [0.15, 0.2) is 17.0 Å². The Bertz CT molecular complexity index is 629. The Morgan fingerprint density at radius 2 is 2.00 bits per heavy atom. The van der Waals surface area contributed by atoms with Gasteiger partial charge in [-0.3, -0.25) is 4.79 Å². The highest BCUT2D eigenvalue weighted by atomic mass is 35.5. The number of carbonyl (C=O) groups is 1. The third-order valence-electron chi connectivity index (χ3n) is 3.42. The van der Waals surface area contributed by atoms with Gasteiger partial charge in [0.25, 0.3) is 5.91 Å². The summed E-state index contributed by atoms with van der Waals surface area (Å²) in [6, 6.07) is 2.78. The predicted octanol–water partition coefficient (Wildman–Crippen LogP) is 2.17. The van der Waals surface area contributed by atoms with Gasteiger partial charge in [0.2, 0.25) is 10.0 Å². The molecule has 0 bridgehead atoms. The van der Waals surface area contributed by atoms with Crippen molar-refractivity contribution in [2.75, 3.05) is 7.05 Å². The lowest BCUT2D eigenvalue weighted by atomic mass is 10.1. The molecule has 0 saturated carbocycles. The first kappa shape index (κ1) is 16.9. The molecule has 2 N–H and O–H groups in total. The number of nitrogens with two attached hydrogens (primary N) is 1. The molecule has 0 aliphatic carbocycles. The van der Waals surface area contributed by atoms with E-state index in [0.29, 0.717) is 5.56 Å². The number of primary sulfonamides is 1. The van der Waals surface area contributed by atoms with Crippen LogP contribution in [-0.2, 0) is 10.0 Å². The zero-order chi connectivity index (χ0) is 15.7. The second-order valence-corrected chi connectivity index (χ2v) is 6.74. The van der Waals surface area contributed by atoms with E-state index in [4.69, 9.17) is 16.7 Å². The number of hydrogen-bond donors (Lipinski definition) is 1. The molecule has 7 heteroatoms. The number of rotatable bonds is 4. The first-order chi connectivity index (χ1) is 9.09. The zero-order valence-electron chi connectivity index (χ0n) is 12.0.